The Morgan fingerprint density at radius 3 is 1.32 bits per heavy atom. The zero-order valence-electron chi connectivity index (χ0n) is 45.2. The summed E-state index contributed by atoms with van der Waals surface area (Å²) in [4.78, 5) is 74.7. The second-order valence-corrected chi connectivity index (χ2v) is 26.7. The average molecular weight is 1350 g/mol. The van der Waals surface area contributed by atoms with E-state index in [4.69, 9.17) is 60.2 Å². The van der Waals surface area contributed by atoms with E-state index >= 15 is 0 Å². The van der Waals surface area contributed by atoms with Gasteiger partial charge in [-0.1, -0.05) is 72.8 Å². The molecule has 2 aromatic heterocycles. The van der Waals surface area contributed by atoms with Crippen LogP contribution in [-0.4, -0.2) is 113 Å². The Balaban J connectivity index is 0.000000236. The molecule has 82 heavy (non-hydrogen) atoms. The molecule has 0 spiro atoms. The summed E-state index contributed by atoms with van der Waals surface area (Å²) in [6.07, 6.45) is -6.12. The molecule has 4 heterocycles. The van der Waals surface area contributed by atoms with Crippen molar-refractivity contribution in [2.45, 2.75) is 126 Å². The number of ether oxygens (including phenoxy) is 4. The second-order valence-electron chi connectivity index (χ2n) is 19.9. The number of aromatic nitrogens is 4. The van der Waals surface area contributed by atoms with Gasteiger partial charge in [0.05, 0.1) is 34.4 Å². The highest BCUT2D eigenvalue weighted by Crippen LogP contribution is 2.51. The maximum absolute atomic E-state index is 14.1. The number of benzene rings is 4. The van der Waals surface area contributed by atoms with Crippen molar-refractivity contribution in [1.82, 2.24) is 29.3 Å². The summed E-state index contributed by atoms with van der Waals surface area (Å²) in [7, 11) is -8.69. The number of aliphatic hydroxyl groups is 2. The average Bonchev–Trinajstić information content (AvgIpc) is 2.85. The van der Waals surface area contributed by atoms with Crippen LogP contribution in [0.1, 0.15) is 67.8 Å². The molecule has 2 aliphatic heterocycles. The zero-order valence-corrected chi connectivity index (χ0v) is 51.6. The fourth-order valence-corrected chi connectivity index (χ4v) is 12.8. The molecule has 30 heteroatoms. The molecule has 24 nitrogen and oxygen atoms in total. The number of halogens is 4. The lowest BCUT2D eigenvalue weighted by Crippen LogP contribution is -2.43. The smallest absolute Gasteiger partial charge is 0.459 e. The van der Waals surface area contributed by atoms with Crippen LogP contribution in [0.15, 0.2) is 125 Å². The fourth-order valence-electron chi connectivity index (χ4n) is 8.55. The topological polar surface area (TPSA) is 316 Å². The molecule has 4 aromatic carbocycles. The van der Waals surface area contributed by atoms with E-state index in [0.717, 1.165) is 19.9 Å². The van der Waals surface area contributed by atoms with Crippen molar-refractivity contribution in [3.8, 4) is 11.5 Å². The van der Waals surface area contributed by atoms with Crippen LogP contribution in [0.25, 0.3) is 21.5 Å². The first-order valence-electron chi connectivity index (χ1n) is 25.3. The molecular weight excluding hydrogens is 1290 g/mol. The molecule has 0 bridgehead atoms. The molecular formula is C52H60Br2Cl2N6O18P2. The minimum absolute atomic E-state index is 0.0433. The lowest BCUT2D eigenvalue weighted by atomic mass is 10.0. The van der Waals surface area contributed by atoms with Gasteiger partial charge in [0.15, 0.2) is 12.5 Å². The van der Waals surface area contributed by atoms with Gasteiger partial charge in [0, 0.05) is 23.2 Å². The summed E-state index contributed by atoms with van der Waals surface area (Å²) in [5.41, 5.74) is -2.92. The number of fused-ring (bicyclic) bond motifs is 2. The molecule has 6 aromatic rings. The number of hydrogen-bond donors (Lipinski definition) is 6. The number of rotatable bonds is 20. The van der Waals surface area contributed by atoms with Gasteiger partial charge >= 0.3 is 38.8 Å². The summed E-state index contributed by atoms with van der Waals surface area (Å²) in [6.45, 7) is 11.5. The third kappa shape index (κ3) is 15.1. The number of nitrogens with one attached hydrogen (secondary N) is 4. The van der Waals surface area contributed by atoms with Crippen molar-refractivity contribution in [2.24, 2.45) is 0 Å². The molecule has 8 rings (SSSR count). The standard InChI is InChI=1S/2C26H30BrClN3O9P/c2*1-14(2)38-23(34)15(3)30-41(36,40-19-11-7-9-16-8-5-6-10-17(16)19)37-13-20-21(32)26(4,28)24(39-20)31-12-18(27)22(33)29-25(31)35/h2*5-12,14-15,20-21,24,32H,13H2,1-4H3,(H,30,36)(H,29,33,35)/t15-,20-,21-,24-,26-,41+;15-,20-,21-,24-,26-,41-/m11/s1. The molecule has 0 aliphatic carbocycles. The first-order chi connectivity index (χ1) is 38.4. The normalized spacial score (nSPS) is 24.7. The fraction of sp³-hybridized carbons (Fsp3) is 0.423. The predicted molar refractivity (Wildman–Crippen MR) is 310 cm³/mol. The van der Waals surface area contributed by atoms with Gasteiger partial charge < -0.3 is 38.2 Å². The lowest BCUT2D eigenvalue weighted by Gasteiger charge is -2.27. The second kappa shape index (κ2) is 26.5. The van der Waals surface area contributed by atoms with E-state index < -0.39 is 134 Å². The van der Waals surface area contributed by atoms with E-state index in [1.807, 2.05) is 36.4 Å². The van der Waals surface area contributed by atoms with Crippen LogP contribution in [-0.2, 0) is 46.7 Å². The Morgan fingerprint density at radius 1 is 0.622 bits per heavy atom. The summed E-state index contributed by atoms with van der Waals surface area (Å²) < 4.78 is 75.8. The Labute approximate surface area is 495 Å². The van der Waals surface area contributed by atoms with E-state index in [2.05, 4.69) is 52.0 Å². The highest BCUT2D eigenvalue weighted by atomic mass is 79.9. The van der Waals surface area contributed by atoms with Crippen LogP contribution >= 0.6 is 70.6 Å². The summed E-state index contributed by atoms with van der Waals surface area (Å²) in [5, 5.41) is 30.1. The Kier molecular flexibility index (Phi) is 20.9. The number of nitrogens with zero attached hydrogens (tertiary/aromatic N) is 2. The van der Waals surface area contributed by atoms with E-state index in [1.165, 1.54) is 40.1 Å². The highest BCUT2D eigenvalue weighted by molar-refractivity contribution is 9.10. The molecule has 0 unspecified atom stereocenters. The van der Waals surface area contributed by atoms with Crippen molar-refractivity contribution in [1.29, 1.82) is 0 Å². The van der Waals surface area contributed by atoms with Crippen LogP contribution in [0.5, 0.6) is 11.5 Å². The maximum atomic E-state index is 14.1. The molecule has 2 aliphatic rings. The van der Waals surface area contributed by atoms with E-state index in [1.54, 1.807) is 76.2 Å². The van der Waals surface area contributed by atoms with E-state index in [9.17, 15) is 48.1 Å². The van der Waals surface area contributed by atoms with Crippen LogP contribution in [0.2, 0.25) is 0 Å². The number of hydrogen-bond acceptors (Lipinski definition) is 18. The quantitative estimate of drug-likeness (QED) is 0.0242. The number of aliphatic hydroxyl groups excluding tert-OH is 2. The van der Waals surface area contributed by atoms with Crippen LogP contribution in [0.4, 0.5) is 0 Å². The third-order valence-corrected chi connectivity index (χ3v) is 17.9. The van der Waals surface area contributed by atoms with Gasteiger partial charge in [-0.15, -0.1) is 23.2 Å². The molecule has 0 saturated carbocycles. The Hall–Kier alpha value is -5.02. The molecule has 6 N–H and O–H groups in total. The van der Waals surface area contributed by atoms with Crippen molar-refractivity contribution >= 4 is 104 Å². The van der Waals surface area contributed by atoms with Gasteiger partial charge in [0.1, 0.15) is 57.7 Å². The Morgan fingerprint density at radius 2 is 0.963 bits per heavy atom. The molecule has 2 saturated heterocycles. The van der Waals surface area contributed by atoms with E-state index in [0.29, 0.717) is 10.8 Å². The van der Waals surface area contributed by atoms with Gasteiger partial charge in [0.25, 0.3) is 11.1 Å². The first kappa shape index (κ1) is 64.5. The van der Waals surface area contributed by atoms with Gasteiger partial charge in [-0.25, -0.2) is 18.7 Å². The van der Waals surface area contributed by atoms with Crippen molar-refractivity contribution < 1.29 is 66.0 Å². The zero-order chi connectivity index (χ0) is 60.2. The minimum atomic E-state index is -4.34. The van der Waals surface area contributed by atoms with Crippen molar-refractivity contribution in [3.63, 3.8) is 0 Å². The largest absolute Gasteiger partial charge is 0.462 e. The number of carbonyl (C=O) groups excluding carboxylic acids is 2. The van der Waals surface area contributed by atoms with Gasteiger partial charge in [0.2, 0.25) is 0 Å². The number of alkyl halides is 2. The van der Waals surface area contributed by atoms with Gasteiger partial charge in [-0.3, -0.25) is 47.3 Å². The summed E-state index contributed by atoms with van der Waals surface area (Å²) in [5.74, 6) is -0.917. The lowest BCUT2D eigenvalue weighted by molar-refractivity contribution is -0.150. The maximum Gasteiger partial charge on any atom is 0.459 e. The molecule has 2 fully saturated rings. The highest BCUT2D eigenvalue weighted by Gasteiger charge is 2.55. The first-order valence-corrected chi connectivity index (χ1v) is 30.7. The van der Waals surface area contributed by atoms with Gasteiger partial charge in [-0.2, -0.15) is 10.2 Å². The number of carbonyl (C=O) groups is 2. The SMILES string of the molecule is CC(C)OC(=O)[C@@H](C)N[P@@](=O)(OC[C@H]1O[C@@H](n2cc(Br)c(=O)[nH]c2=O)[C@](C)(Cl)[C@@H]1O)Oc1cccc2ccccc12.CC(C)OC(=O)[C@@H](C)N[P@](=O)(OC[C@H]1O[C@@H](n2cc(Br)c(=O)[nH]c2=O)[C@](C)(Cl)[C@@H]1O)Oc1cccc2ccccc12. The van der Waals surface area contributed by atoms with E-state index in [-0.39, 0.29) is 20.4 Å². The van der Waals surface area contributed by atoms with Gasteiger partial charge in [-0.05, 0) is 110 Å². The number of H-pyrrole nitrogens is 2. The molecule has 0 amide bonds. The monoisotopic (exact) mass is 1350 g/mol. The minimum Gasteiger partial charge on any atom is -0.462 e. The number of esters is 2. The van der Waals surface area contributed by atoms with Crippen LogP contribution in [0.3, 0.4) is 0 Å². The summed E-state index contributed by atoms with van der Waals surface area (Å²) >= 11 is 19.4. The van der Waals surface area contributed by atoms with Crippen LogP contribution in [0, 0.1) is 0 Å². The third-order valence-electron chi connectivity index (χ3n) is 12.7. The predicted octanol–water partition coefficient (Wildman–Crippen LogP) is 7.68. The van der Waals surface area contributed by atoms with Crippen molar-refractivity contribution in [2.75, 3.05) is 13.2 Å². The summed E-state index contributed by atoms with van der Waals surface area (Å²) in [6, 6.07) is 22.7. The molecule has 12 atom stereocenters. The van der Waals surface area contributed by atoms with Crippen molar-refractivity contribution in [3.05, 3.63) is 148 Å². The number of aromatic amines is 2. The molecule has 0 radical (unpaired) electrons. The molecule has 444 valence electrons. The van der Waals surface area contributed by atoms with Crippen LogP contribution < -0.4 is 41.7 Å². The Bertz CT molecular complexity index is 3410.